The molecule has 6 heteroatoms. The number of aliphatic hydroxyl groups is 1. The van der Waals surface area contributed by atoms with Crippen LogP contribution in [-0.4, -0.2) is 54.4 Å². The Balaban J connectivity index is 2.75. The van der Waals surface area contributed by atoms with Gasteiger partial charge in [-0.25, -0.2) is 0 Å². The van der Waals surface area contributed by atoms with Crippen LogP contribution in [0, 0.1) is 0 Å². The third kappa shape index (κ3) is 2.90. The number of aliphatic hydroxyl groups excluding tert-OH is 1. The monoisotopic (exact) mass is 236 g/mol. The number of hydrogen-bond acceptors (Lipinski definition) is 3. The molecule has 1 aliphatic rings. The van der Waals surface area contributed by atoms with E-state index in [9.17, 15) is 13.5 Å². The highest BCUT2D eigenvalue weighted by Crippen LogP contribution is 2.16. The second-order valence-corrected chi connectivity index (χ2v) is 5.67. The molecule has 1 aliphatic heterocycles. The zero-order valence-electron chi connectivity index (χ0n) is 9.39. The van der Waals surface area contributed by atoms with E-state index in [2.05, 4.69) is 0 Å². The lowest BCUT2D eigenvalue weighted by Gasteiger charge is -2.33. The van der Waals surface area contributed by atoms with Crippen LogP contribution in [0.25, 0.3) is 0 Å². The Kier molecular flexibility index (Phi) is 4.51. The van der Waals surface area contributed by atoms with E-state index in [4.69, 9.17) is 0 Å². The van der Waals surface area contributed by atoms with Crippen LogP contribution >= 0.6 is 0 Å². The molecule has 0 saturated carbocycles. The van der Waals surface area contributed by atoms with Gasteiger partial charge < -0.3 is 5.11 Å². The minimum atomic E-state index is -3.35. The van der Waals surface area contributed by atoms with Crippen LogP contribution in [0.3, 0.4) is 0 Å². The molecule has 1 atom stereocenters. The summed E-state index contributed by atoms with van der Waals surface area (Å²) >= 11 is 0. The largest absolute Gasteiger partial charge is 0.392 e. The van der Waals surface area contributed by atoms with Gasteiger partial charge in [0.15, 0.2) is 0 Å². The van der Waals surface area contributed by atoms with Crippen LogP contribution < -0.4 is 0 Å². The molecule has 0 radical (unpaired) electrons. The van der Waals surface area contributed by atoms with E-state index in [1.807, 2.05) is 13.8 Å². The van der Waals surface area contributed by atoms with E-state index in [0.717, 1.165) is 6.42 Å². The van der Waals surface area contributed by atoms with Crippen molar-refractivity contribution in [1.29, 1.82) is 0 Å². The number of β-amino-alcohol motifs (C(OH)–C–C–N with tert-alkyl or cyclic N) is 1. The molecule has 1 heterocycles. The smallest absolute Gasteiger partial charge is 0.282 e. The minimum Gasteiger partial charge on any atom is -0.392 e. The molecule has 1 N–H and O–H groups in total. The van der Waals surface area contributed by atoms with Crippen molar-refractivity contribution in [3.8, 4) is 0 Å². The molecule has 0 aromatic carbocycles. The minimum absolute atomic E-state index is 0.235. The summed E-state index contributed by atoms with van der Waals surface area (Å²) in [5.41, 5.74) is 0. The van der Waals surface area contributed by atoms with Crippen LogP contribution in [-0.2, 0) is 10.2 Å². The van der Waals surface area contributed by atoms with Crippen molar-refractivity contribution in [3.63, 3.8) is 0 Å². The van der Waals surface area contributed by atoms with Crippen molar-refractivity contribution in [3.05, 3.63) is 0 Å². The van der Waals surface area contributed by atoms with Gasteiger partial charge in [-0.15, -0.1) is 0 Å². The lowest BCUT2D eigenvalue weighted by Crippen LogP contribution is -2.49. The molecule has 5 nitrogen and oxygen atoms in total. The first-order valence-corrected chi connectivity index (χ1v) is 6.85. The fourth-order valence-electron chi connectivity index (χ4n) is 1.84. The molecule has 0 aliphatic carbocycles. The van der Waals surface area contributed by atoms with E-state index in [0.29, 0.717) is 26.1 Å². The molecule has 1 saturated heterocycles. The van der Waals surface area contributed by atoms with Gasteiger partial charge >= 0.3 is 0 Å². The molecule has 0 bridgehead atoms. The molecule has 0 spiro atoms. The summed E-state index contributed by atoms with van der Waals surface area (Å²) in [6, 6.07) is 0. The normalized spacial score (nSPS) is 24.7. The molecule has 1 fully saturated rings. The van der Waals surface area contributed by atoms with Gasteiger partial charge in [-0.3, -0.25) is 0 Å². The molecule has 0 unspecified atom stereocenters. The van der Waals surface area contributed by atoms with Gasteiger partial charge in [0.25, 0.3) is 10.2 Å². The van der Waals surface area contributed by atoms with E-state index >= 15 is 0 Å². The third-order valence-electron chi connectivity index (χ3n) is 2.72. The molecular weight excluding hydrogens is 216 g/mol. The lowest BCUT2D eigenvalue weighted by atomic mass is 10.1. The summed E-state index contributed by atoms with van der Waals surface area (Å²) in [6.45, 7) is 5.36. The maximum absolute atomic E-state index is 12.0. The first kappa shape index (κ1) is 12.9. The Bertz CT molecular complexity index is 288. The topological polar surface area (TPSA) is 60.9 Å². The second kappa shape index (κ2) is 5.25. The van der Waals surface area contributed by atoms with Crippen LogP contribution in [0.5, 0.6) is 0 Å². The first-order valence-electron chi connectivity index (χ1n) is 5.45. The fourth-order valence-corrected chi connectivity index (χ4v) is 3.54. The van der Waals surface area contributed by atoms with Crippen molar-refractivity contribution in [2.75, 3.05) is 26.2 Å². The molecule has 90 valence electrons. The first-order chi connectivity index (χ1) is 7.02. The fraction of sp³-hybridized carbons (Fsp3) is 1.00. The van der Waals surface area contributed by atoms with E-state index in [1.165, 1.54) is 8.61 Å². The average molecular weight is 236 g/mol. The lowest BCUT2D eigenvalue weighted by molar-refractivity contribution is 0.105. The Morgan fingerprint density at radius 3 is 2.47 bits per heavy atom. The van der Waals surface area contributed by atoms with Gasteiger partial charge in [0, 0.05) is 26.2 Å². The second-order valence-electron chi connectivity index (χ2n) is 3.75. The standard InChI is InChI=1S/C9H20N2O3S/c1-3-10(4-2)15(13,14)11-7-5-6-9(12)8-11/h9,12H,3-8H2,1-2H3/t9-/m0/s1. The highest BCUT2D eigenvalue weighted by molar-refractivity contribution is 7.86. The van der Waals surface area contributed by atoms with Crippen molar-refractivity contribution in [2.45, 2.75) is 32.8 Å². The predicted molar refractivity (Wildman–Crippen MR) is 58.7 cm³/mol. The molecule has 0 aromatic rings. The highest BCUT2D eigenvalue weighted by Gasteiger charge is 2.31. The number of nitrogens with zero attached hydrogens (tertiary/aromatic N) is 2. The van der Waals surface area contributed by atoms with Crippen molar-refractivity contribution in [2.24, 2.45) is 0 Å². The van der Waals surface area contributed by atoms with E-state index in [-0.39, 0.29) is 6.54 Å². The maximum Gasteiger partial charge on any atom is 0.282 e. The average Bonchev–Trinajstić information content (AvgIpc) is 2.19. The van der Waals surface area contributed by atoms with Crippen LogP contribution in [0.15, 0.2) is 0 Å². The van der Waals surface area contributed by atoms with Gasteiger partial charge in [-0.2, -0.15) is 17.0 Å². The summed E-state index contributed by atoms with van der Waals surface area (Å²) < 4.78 is 26.9. The summed E-state index contributed by atoms with van der Waals surface area (Å²) in [4.78, 5) is 0. The van der Waals surface area contributed by atoms with Gasteiger partial charge in [0.1, 0.15) is 0 Å². The van der Waals surface area contributed by atoms with Crippen molar-refractivity contribution >= 4 is 10.2 Å². The number of piperidine rings is 1. The van der Waals surface area contributed by atoms with Gasteiger partial charge in [-0.1, -0.05) is 13.8 Å². The Hall–Kier alpha value is -0.170. The molecule has 1 rings (SSSR count). The van der Waals surface area contributed by atoms with Crippen molar-refractivity contribution < 1.29 is 13.5 Å². The van der Waals surface area contributed by atoms with E-state index in [1.54, 1.807) is 0 Å². The van der Waals surface area contributed by atoms with Gasteiger partial charge in [0.2, 0.25) is 0 Å². The number of hydrogen-bond donors (Lipinski definition) is 1. The summed E-state index contributed by atoms with van der Waals surface area (Å²) in [5, 5.41) is 9.45. The quantitative estimate of drug-likeness (QED) is 0.749. The van der Waals surface area contributed by atoms with Crippen molar-refractivity contribution in [1.82, 2.24) is 8.61 Å². The molecule has 0 aromatic heterocycles. The zero-order valence-corrected chi connectivity index (χ0v) is 10.2. The highest BCUT2D eigenvalue weighted by atomic mass is 32.2. The van der Waals surface area contributed by atoms with Gasteiger partial charge in [0.05, 0.1) is 6.10 Å². The van der Waals surface area contributed by atoms with Crippen LogP contribution in [0.1, 0.15) is 26.7 Å². The third-order valence-corrected chi connectivity index (χ3v) is 4.87. The Morgan fingerprint density at radius 1 is 1.40 bits per heavy atom. The van der Waals surface area contributed by atoms with Crippen LogP contribution in [0.4, 0.5) is 0 Å². The predicted octanol–water partition coefficient (Wildman–Crippen LogP) is 0.0297. The summed E-state index contributed by atoms with van der Waals surface area (Å²) in [5.74, 6) is 0. The number of rotatable bonds is 4. The van der Waals surface area contributed by atoms with Gasteiger partial charge in [-0.05, 0) is 12.8 Å². The molecule has 0 amide bonds. The van der Waals surface area contributed by atoms with E-state index < -0.39 is 16.3 Å². The molecule has 15 heavy (non-hydrogen) atoms. The summed E-state index contributed by atoms with van der Waals surface area (Å²) in [6.07, 6.45) is 0.926. The zero-order chi connectivity index (χ0) is 11.5. The maximum atomic E-state index is 12.0. The SMILES string of the molecule is CCN(CC)S(=O)(=O)N1CCC[C@H](O)C1. The van der Waals surface area contributed by atoms with Crippen LogP contribution in [0.2, 0.25) is 0 Å². The summed E-state index contributed by atoms with van der Waals surface area (Å²) in [7, 11) is -3.35. The Labute approximate surface area is 91.9 Å². The molecular formula is C9H20N2O3S. The Morgan fingerprint density at radius 2 is 2.00 bits per heavy atom.